The molecule has 0 aliphatic carbocycles. The standard InChI is InChI=1S/C14H21N3O/c1-14(2,8-9-18-3)10-15-13-16-11-6-4-5-7-12(11)17-13/h4-7H,8-10H2,1-3H3,(H2,15,16,17). The number of nitrogens with zero attached hydrogens (tertiary/aromatic N) is 1. The lowest BCUT2D eigenvalue weighted by Crippen LogP contribution is -2.25. The summed E-state index contributed by atoms with van der Waals surface area (Å²) in [6.07, 6.45) is 1.02. The Morgan fingerprint density at radius 1 is 1.33 bits per heavy atom. The molecule has 18 heavy (non-hydrogen) atoms. The molecule has 4 nitrogen and oxygen atoms in total. The monoisotopic (exact) mass is 247 g/mol. The Kier molecular flexibility index (Phi) is 3.87. The summed E-state index contributed by atoms with van der Waals surface area (Å²) in [5, 5.41) is 3.36. The third kappa shape index (κ3) is 3.23. The molecule has 0 spiro atoms. The molecule has 0 aliphatic rings. The molecule has 4 heteroatoms. The van der Waals surface area contributed by atoms with Gasteiger partial charge in [-0.25, -0.2) is 4.98 Å². The van der Waals surface area contributed by atoms with E-state index in [1.165, 1.54) is 0 Å². The number of ether oxygens (including phenoxy) is 1. The van der Waals surface area contributed by atoms with Crippen molar-refractivity contribution in [3.05, 3.63) is 24.3 Å². The molecule has 0 radical (unpaired) electrons. The maximum Gasteiger partial charge on any atom is 0.201 e. The molecule has 1 aromatic carbocycles. The van der Waals surface area contributed by atoms with Gasteiger partial charge in [-0.3, -0.25) is 0 Å². The highest BCUT2D eigenvalue weighted by molar-refractivity contribution is 5.77. The highest BCUT2D eigenvalue weighted by Crippen LogP contribution is 2.21. The first-order valence-electron chi connectivity index (χ1n) is 6.28. The van der Waals surface area contributed by atoms with Crippen molar-refractivity contribution in [3.63, 3.8) is 0 Å². The summed E-state index contributed by atoms with van der Waals surface area (Å²) in [6, 6.07) is 8.04. The van der Waals surface area contributed by atoms with Gasteiger partial charge in [0.25, 0.3) is 0 Å². The lowest BCUT2D eigenvalue weighted by molar-refractivity contribution is 0.157. The minimum atomic E-state index is 0.189. The summed E-state index contributed by atoms with van der Waals surface area (Å²) in [6.45, 7) is 6.11. The van der Waals surface area contributed by atoms with E-state index in [1.807, 2.05) is 24.3 Å². The van der Waals surface area contributed by atoms with Crippen LogP contribution in [0.25, 0.3) is 11.0 Å². The van der Waals surface area contributed by atoms with Crippen molar-refractivity contribution in [3.8, 4) is 0 Å². The van der Waals surface area contributed by atoms with Crippen LogP contribution < -0.4 is 5.32 Å². The van der Waals surface area contributed by atoms with Crippen molar-refractivity contribution < 1.29 is 4.74 Å². The lowest BCUT2D eigenvalue weighted by atomic mass is 9.90. The number of hydrogen-bond donors (Lipinski definition) is 2. The molecule has 0 fully saturated rings. The number of aromatic nitrogens is 2. The number of H-pyrrole nitrogens is 1. The fourth-order valence-corrected chi connectivity index (χ4v) is 1.83. The summed E-state index contributed by atoms with van der Waals surface area (Å²) in [7, 11) is 1.74. The van der Waals surface area contributed by atoms with Crippen molar-refractivity contribution >= 4 is 17.0 Å². The third-order valence-corrected chi connectivity index (χ3v) is 3.11. The fraction of sp³-hybridized carbons (Fsp3) is 0.500. The van der Waals surface area contributed by atoms with E-state index in [-0.39, 0.29) is 5.41 Å². The summed E-state index contributed by atoms with van der Waals surface area (Å²) in [5.74, 6) is 0.835. The Morgan fingerprint density at radius 2 is 2.11 bits per heavy atom. The predicted molar refractivity (Wildman–Crippen MR) is 74.9 cm³/mol. The van der Waals surface area contributed by atoms with Crippen molar-refractivity contribution in [2.24, 2.45) is 5.41 Å². The quantitative estimate of drug-likeness (QED) is 0.825. The maximum atomic E-state index is 5.13. The topological polar surface area (TPSA) is 49.9 Å². The number of rotatable bonds is 6. The van der Waals surface area contributed by atoms with E-state index in [9.17, 15) is 0 Å². The van der Waals surface area contributed by atoms with Crippen molar-refractivity contribution in [2.75, 3.05) is 25.6 Å². The molecule has 0 atom stereocenters. The molecular formula is C14H21N3O. The number of nitrogens with one attached hydrogen (secondary N) is 2. The third-order valence-electron chi connectivity index (χ3n) is 3.11. The summed E-state index contributed by atoms with van der Waals surface area (Å²) in [5.41, 5.74) is 2.25. The highest BCUT2D eigenvalue weighted by atomic mass is 16.5. The van der Waals surface area contributed by atoms with Crippen LogP contribution in [0.5, 0.6) is 0 Å². The normalized spacial score (nSPS) is 11.9. The number of para-hydroxylation sites is 2. The van der Waals surface area contributed by atoms with E-state index >= 15 is 0 Å². The van der Waals surface area contributed by atoms with Gasteiger partial charge in [0.05, 0.1) is 11.0 Å². The number of aromatic amines is 1. The van der Waals surface area contributed by atoms with Gasteiger partial charge >= 0.3 is 0 Å². The summed E-state index contributed by atoms with van der Waals surface area (Å²) >= 11 is 0. The van der Waals surface area contributed by atoms with Gasteiger partial charge in [-0.1, -0.05) is 26.0 Å². The van der Waals surface area contributed by atoms with E-state index in [0.717, 1.165) is 36.6 Å². The molecule has 1 heterocycles. The molecule has 0 unspecified atom stereocenters. The SMILES string of the molecule is COCCC(C)(C)CNc1nc2ccccc2[nH]1. The molecule has 2 aromatic rings. The van der Waals surface area contributed by atoms with Gasteiger partial charge in [-0.05, 0) is 24.0 Å². The zero-order chi connectivity index (χ0) is 13.0. The van der Waals surface area contributed by atoms with Crippen LogP contribution in [0.2, 0.25) is 0 Å². The Labute approximate surface area is 108 Å². The van der Waals surface area contributed by atoms with E-state index in [4.69, 9.17) is 4.74 Å². The first-order chi connectivity index (χ1) is 8.61. The van der Waals surface area contributed by atoms with Crippen molar-refractivity contribution in [1.29, 1.82) is 0 Å². The zero-order valence-corrected chi connectivity index (χ0v) is 11.3. The van der Waals surface area contributed by atoms with Crippen LogP contribution in [0.15, 0.2) is 24.3 Å². The summed E-state index contributed by atoms with van der Waals surface area (Å²) < 4.78 is 5.13. The highest BCUT2D eigenvalue weighted by Gasteiger charge is 2.17. The van der Waals surface area contributed by atoms with Crippen LogP contribution in [-0.4, -0.2) is 30.2 Å². The van der Waals surface area contributed by atoms with E-state index in [2.05, 4.69) is 29.1 Å². The number of benzene rings is 1. The largest absolute Gasteiger partial charge is 0.385 e. The second-order valence-corrected chi connectivity index (χ2v) is 5.36. The minimum Gasteiger partial charge on any atom is -0.385 e. The minimum absolute atomic E-state index is 0.189. The number of imidazole rings is 1. The van der Waals surface area contributed by atoms with E-state index in [1.54, 1.807) is 7.11 Å². The van der Waals surface area contributed by atoms with Crippen molar-refractivity contribution in [2.45, 2.75) is 20.3 Å². The first kappa shape index (κ1) is 12.9. The fourth-order valence-electron chi connectivity index (χ4n) is 1.83. The Hall–Kier alpha value is -1.55. The second-order valence-electron chi connectivity index (χ2n) is 5.36. The van der Waals surface area contributed by atoms with Crippen LogP contribution in [0.3, 0.4) is 0 Å². The van der Waals surface area contributed by atoms with Crippen LogP contribution >= 0.6 is 0 Å². The number of fused-ring (bicyclic) bond motifs is 1. The zero-order valence-electron chi connectivity index (χ0n) is 11.3. The van der Waals surface area contributed by atoms with Gasteiger partial charge in [0.2, 0.25) is 5.95 Å². The number of hydrogen-bond acceptors (Lipinski definition) is 3. The maximum absolute atomic E-state index is 5.13. The number of methoxy groups -OCH3 is 1. The number of anilines is 1. The molecule has 0 aliphatic heterocycles. The predicted octanol–water partition coefficient (Wildman–Crippen LogP) is 3.04. The van der Waals surface area contributed by atoms with Crippen LogP contribution in [0, 0.1) is 5.41 Å². The van der Waals surface area contributed by atoms with Crippen LogP contribution in [-0.2, 0) is 4.74 Å². The molecule has 0 saturated heterocycles. The van der Waals surface area contributed by atoms with Gasteiger partial charge in [-0.15, -0.1) is 0 Å². The average Bonchev–Trinajstić information content (AvgIpc) is 2.77. The molecule has 0 amide bonds. The Balaban J connectivity index is 1.97. The van der Waals surface area contributed by atoms with Gasteiger partial charge in [-0.2, -0.15) is 0 Å². The molecule has 2 N–H and O–H groups in total. The van der Waals surface area contributed by atoms with Crippen LogP contribution in [0.4, 0.5) is 5.95 Å². The smallest absolute Gasteiger partial charge is 0.201 e. The molecule has 2 rings (SSSR count). The van der Waals surface area contributed by atoms with Gasteiger partial charge in [0.1, 0.15) is 0 Å². The first-order valence-corrected chi connectivity index (χ1v) is 6.28. The summed E-state index contributed by atoms with van der Waals surface area (Å²) in [4.78, 5) is 7.77. The van der Waals surface area contributed by atoms with Crippen molar-refractivity contribution in [1.82, 2.24) is 9.97 Å². The average molecular weight is 247 g/mol. The molecule has 0 saturated carbocycles. The second kappa shape index (κ2) is 5.40. The van der Waals surface area contributed by atoms with Gasteiger partial charge in [0, 0.05) is 20.3 Å². The molecule has 98 valence electrons. The van der Waals surface area contributed by atoms with Gasteiger partial charge < -0.3 is 15.0 Å². The molecular weight excluding hydrogens is 226 g/mol. The Morgan fingerprint density at radius 3 is 2.83 bits per heavy atom. The molecule has 1 aromatic heterocycles. The lowest BCUT2D eigenvalue weighted by Gasteiger charge is -2.24. The van der Waals surface area contributed by atoms with E-state index < -0.39 is 0 Å². The molecule has 0 bridgehead atoms. The van der Waals surface area contributed by atoms with Crippen LogP contribution in [0.1, 0.15) is 20.3 Å². The Bertz CT molecular complexity index is 471. The van der Waals surface area contributed by atoms with E-state index in [0.29, 0.717) is 0 Å². The van der Waals surface area contributed by atoms with Gasteiger partial charge in [0.15, 0.2) is 0 Å².